The molecule has 0 amide bonds. The van der Waals surface area contributed by atoms with E-state index in [4.69, 9.17) is 0 Å². The molecule has 1 atom stereocenters. The van der Waals surface area contributed by atoms with E-state index in [9.17, 15) is 0 Å². The summed E-state index contributed by atoms with van der Waals surface area (Å²) in [5, 5.41) is 5.53. The SMILES string of the molecule is CCNC(C)c1ccc(-c2sccc2Br)cc1. The molecule has 0 saturated heterocycles. The molecule has 1 nitrogen and oxygen atoms in total. The van der Waals surface area contributed by atoms with Gasteiger partial charge in [-0.25, -0.2) is 0 Å². The number of halogens is 1. The van der Waals surface area contributed by atoms with E-state index in [1.54, 1.807) is 11.3 Å². The normalized spacial score (nSPS) is 12.6. The van der Waals surface area contributed by atoms with Gasteiger partial charge in [-0.3, -0.25) is 0 Å². The molecule has 0 radical (unpaired) electrons. The molecule has 17 heavy (non-hydrogen) atoms. The quantitative estimate of drug-likeness (QED) is 0.851. The van der Waals surface area contributed by atoms with E-state index in [2.05, 4.69) is 70.8 Å². The third kappa shape index (κ3) is 2.97. The lowest BCUT2D eigenvalue weighted by Gasteiger charge is -2.13. The van der Waals surface area contributed by atoms with Crippen LogP contribution in [0.25, 0.3) is 10.4 Å². The molecule has 1 N–H and O–H groups in total. The van der Waals surface area contributed by atoms with Crippen molar-refractivity contribution in [2.45, 2.75) is 19.9 Å². The molecule has 0 aliphatic carbocycles. The van der Waals surface area contributed by atoms with Gasteiger partial charge >= 0.3 is 0 Å². The van der Waals surface area contributed by atoms with Crippen molar-refractivity contribution in [1.82, 2.24) is 5.32 Å². The Bertz CT molecular complexity index is 475. The minimum atomic E-state index is 0.417. The third-order valence-corrected chi connectivity index (χ3v) is 4.69. The second-order valence-corrected chi connectivity index (χ2v) is 5.77. The second-order valence-electron chi connectivity index (χ2n) is 4.00. The molecule has 2 aromatic rings. The van der Waals surface area contributed by atoms with Gasteiger partial charge in [-0.15, -0.1) is 11.3 Å². The van der Waals surface area contributed by atoms with E-state index in [1.807, 2.05) is 0 Å². The van der Waals surface area contributed by atoms with E-state index in [0.717, 1.165) is 6.54 Å². The third-order valence-electron chi connectivity index (χ3n) is 2.80. The Hall–Kier alpha value is -0.640. The Morgan fingerprint density at radius 3 is 2.47 bits per heavy atom. The summed E-state index contributed by atoms with van der Waals surface area (Å²) in [4.78, 5) is 1.30. The second kappa shape index (κ2) is 5.80. The molecule has 2 rings (SSSR count). The number of hydrogen-bond donors (Lipinski definition) is 1. The van der Waals surface area contributed by atoms with Crippen LogP contribution in [0.15, 0.2) is 40.2 Å². The van der Waals surface area contributed by atoms with Crippen LogP contribution >= 0.6 is 27.3 Å². The summed E-state index contributed by atoms with van der Waals surface area (Å²) in [5.74, 6) is 0. The maximum atomic E-state index is 3.57. The lowest BCUT2D eigenvalue weighted by Crippen LogP contribution is -2.17. The Labute approximate surface area is 115 Å². The van der Waals surface area contributed by atoms with Gasteiger partial charge in [-0.05, 0) is 52.0 Å². The number of nitrogens with one attached hydrogen (secondary N) is 1. The van der Waals surface area contributed by atoms with E-state index in [0.29, 0.717) is 6.04 Å². The Morgan fingerprint density at radius 2 is 1.94 bits per heavy atom. The average Bonchev–Trinajstić information content (AvgIpc) is 2.76. The van der Waals surface area contributed by atoms with Crippen molar-refractivity contribution in [3.63, 3.8) is 0 Å². The zero-order chi connectivity index (χ0) is 12.3. The van der Waals surface area contributed by atoms with E-state index >= 15 is 0 Å². The molecule has 3 heteroatoms. The molecule has 0 fully saturated rings. The molecule has 1 aromatic heterocycles. The fraction of sp³-hybridized carbons (Fsp3) is 0.286. The smallest absolute Gasteiger partial charge is 0.0484 e. The maximum Gasteiger partial charge on any atom is 0.0484 e. The Balaban J connectivity index is 2.21. The summed E-state index contributed by atoms with van der Waals surface area (Å²) >= 11 is 5.34. The monoisotopic (exact) mass is 309 g/mol. The van der Waals surface area contributed by atoms with Crippen molar-refractivity contribution in [2.75, 3.05) is 6.54 Å². The van der Waals surface area contributed by atoms with Crippen molar-refractivity contribution in [1.29, 1.82) is 0 Å². The first-order valence-electron chi connectivity index (χ1n) is 5.79. The van der Waals surface area contributed by atoms with Gasteiger partial charge in [0.1, 0.15) is 0 Å². The van der Waals surface area contributed by atoms with Crippen molar-refractivity contribution in [2.24, 2.45) is 0 Å². The molecular formula is C14H16BrNS. The van der Waals surface area contributed by atoms with Gasteiger partial charge in [0.25, 0.3) is 0 Å². The summed E-state index contributed by atoms with van der Waals surface area (Å²) < 4.78 is 1.18. The molecule has 90 valence electrons. The van der Waals surface area contributed by atoms with Gasteiger partial charge < -0.3 is 5.32 Å². The van der Waals surface area contributed by atoms with Crippen LogP contribution in [0.2, 0.25) is 0 Å². The van der Waals surface area contributed by atoms with Crippen molar-refractivity contribution >= 4 is 27.3 Å². The highest BCUT2D eigenvalue weighted by molar-refractivity contribution is 9.10. The molecule has 1 heterocycles. The Morgan fingerprint density at radius 1 is 1.24 bits per heavy atom. The summed E-state index contributed by atoms with van der Waals surface area (Å²) in [6, 6.07) is 11.3. The zero-order valence-electron chi connectivity index (χ0n) is 10.0. The first-order chi connectivity index (χ1) is 8.22. The minimum Gasteiger partial charge on any atom is -0.310 e. The fourth-order valence-electron chi connectivity index (χ4n) is 1.85. The molecule has 0 spiro atoms. The first kappa shape index (κ1) is 12.8. The van der Waals surface area contributed by atoms with E-state index in [-0.39, 0.29) is 0 Å². The fourth-order valence-corrected chi connectivity index (χ4v) is 3.46. The van der Waals surface area contributed by atoms with Gasteiger partial charge in [-0.2, -0.15) is 0 Å². The summed E-state index contributed by atoms with van der Waals surface area (Å²) in [6.45, 7) is 5.33. The summed E-state index contributed by atoms with van der Waals surface area (Å²) in [5.41, 5.74) is 2.61. The highest BCUT2D eigenvalue weighted by Gasteiger charge is 2.06. The predicted molar refractivity (Wildman–Crippen MR) is 79.5 cm³/mol. The van der Waals surface area contributed by atoms with Crippen LogP contribution in [0.5, 0.6) is 0 Å². The first-order valence-corrected chi connectivity index (χ1v) is 7.46. The highest BCUT2D eigenvalue weighted by Crippen LogP contribution is 2.33. The standard InChI is InChI=1S/C14H16BrNS/c1-3-16-10(2)11-4-6-12(7-5-11)14-13(15)8-9-17-14/h4-10,16H,3H2,1-2H3. The predicted octanol–water partition coefficient (Wildman–Crippen LogP) is 4.85. The maximum absolute atomic E-state index is 3.57. The van der Waals surface area contributed by atoms with Gasteiger partial charge in [0.2, 0.25) is 0 Å². The minimum absolute atomic E-state index is 0.417. The van der Waals surface area contributed by atoms with Crippen LogP contribution < -0.4 is 5.32 Å². The lowest BCUT2D eigenvalue weighted by atomic mass is 10.1. The molecule has 0 bridgehead atoms. The van der Waals surface area contributed by atoms with Gasteiger partial charge in [-0.1, -0.05) is 31.2 Å². The lowest BCUT2D eigenvalue weighted by molar-refractivity contribution is 0.598. The van der Waals surface area contributed by atoms with Crippen LogP contribution in [-0.4, -0.2) is 6.54 Å². The van der Waals surface area contributed by atoms with Crippen molar-refractivity contribution < 1.29 is 0 Å². The van der Waals surface area contributed by atoms with Gasteiger partial charge in [0.15, 0.2) is 0 Å². The number of rotatable bonds is 4. The number of thiophene rings is 1. The molecular weight excluding hydrogens is 294 g/mol. The van der Waals surface area contributed by atoms with Gasteiger partial charge in [0.05, 0.1) is 0 Å². The van der Waals surface area contributed by atoms with Crippen LogP contribution in [0.3, 0.4) is 0 Å². The van der Waals surface area contributed by atoms with Crippen LogP contribution in [0.4, 0.5) is 0 Å². The molecule has 0 aliphatic heterocycles. The largest absolute Gasteiger partial charge is 0.310 e. The highest BCUT2D eigenvalue weighted by atomic mass is 79.9. The summed E-state index contributed by atoms with van der Waals surface area (Å²) in [7, 11) is 0. The number of hydrogen-bond acceptors (Lipinski definition) is 2. The van der Waals surface area contributed by atoms with Crippen LogP contribution in [-0.2, 0) is 0 Å². The van der Waals surface area contributed by atoms with E-state index in [1.165, 1.54) is 20.5 Å². The topological polar surface area (TPSA) is 12.0 Å². The van der Waals surface area contributed by atoms with Crippen molar-refractivity contribution in [3.05, 3.63) is 45.7 Å². The van der Waals surface area contributed by atoms with Crippen LogP contribution in [0, 0.1) is 0 Å². The molecule has 1 aromatic carbocycles. The van der Waals surface area contributed by atoms with E-state index < -0.39 is 0 Å². The zero-order valence-corrected chi connectivity index (χ0v) is 12.4. The number of benzene rings is 1. The summed E-state index contributed by atoms with van der Waals surface area (Å²) in [6.07, 6.45) is 0. The molecule has 0 aliphatic rings. The van der Waals surface area contributed by atoms with Crippen LogP contribution in [0.1, 0.15) is 25.5 Å². The van der Waals surface area contributed by atoms with Crippen molar-refractivity contribution in [3.8, 4) is 10.4 Å². The molecule has 0 saturated carbocycles. The average molecular weight is 310 g/mol. The molecule has 1 unspecified atom stereocenters. The Kier molecular flexibility index (Phi) is 4.37. The van der Waals surface area contributed by atoms with Gasteiger partial charge in [0, 0.05) is 15.4 Å².